The minimum absolute atomic E-state index is 0.0970. The highest BCUT2D eigenvalue weighted by Gasteiger charge is 2.17. The molecule has 18 heavy (non-hydrogen) atoms. The fourth-order valence-electron chi connectivity index (χ4n) is 1.55. The van der Waals surface area contributed by atoms with E-state index >= 15 is 0 Å². The molecule has 98 valence electrons. The third-order valence-corrected chi connectivity index (χ3v) is 2.89. The highest BCUT2D eigenvalue weighted by Crippen LogP contribution is 2.04. The third-order valence-electron chi connectivity index (χ3n) is 2.53. The summed E-state index contributed by atoms with van der Waals surface area (Å²) in [6, 6.07) is 8.96. The molecular formula is C13H17NO3S. The lowest BCUT2D eigenvalue weighted by Gasteiger charge is -2.11. The molecule has 0 saturated heterocycles. The van der Waals surface area contributed by atoms with E-state index in [1.807, 2.05) is 30.3 Å². The highest BCUT2D eigenvalue weighted by atomic mass is 32.1. The summed E-state index contributed by atoms with van der Waals surface area (Å²) in [5.74, 6) is -1.20. The van der Waals surface area contributed by atoms with Crippen molar-refractivity contribution in [2.75, 3.05) is 5.75 Å². The van der Waals surface area contributed by atoms with Crippen LogP contribution in [0.1, 0.15) is 18.4 Å². The van der Waals surface area contributed by atoms with Gasteiger partial charge >= 0.3 is 5.97 Å². The fraction of sp³-hybridized carbons (Fsp3) is 0.385. The Morgan fingerprint density at radius 1 is 1.28 bits per heavy atom. The van der Waals surface area contributed by atoms with E-state index in [4.69, 9.17) is 5.11 Å². The van der Waals surface area contributed by atoms with E-state index in [9.17, 15) is 9.59 Å². The Balaban J connectivity index is 2.27. The maximum Gasteiger partial charge on any atom is 0.327 e. The molecule has 0 aliphatic rings. The first-order valence-corrected chi connectivity index (χ1v) is 6.43. The first-order chi connectivity index (χ1) is 8.63. The zero-order valence-electron chi connectivity index (χ0n) is 10.0. The SMILES string of the molecule is O=C(CCCc1ccccc1)N[C@@H](CS)C(=O)O. The highest BCUT2D eigenvalue weighted by molar-refractivity contribution is 7.80. The Morgan fingerprint density at radius 2 is 1.94 bits per heavy atom. The second-order valence-electron chi connectivity index (χ2n) is 3.98. The summed E-state index contributed by atoms with van der Waals surface area (Å²) in [5, 5.41) is 11.2. The number of amides is 1. The molecule has 1 aromatic rings. The van der Waals surface area contributed by atoms with Crippen molar-refractivity contribution in [3.8, 4) is 0 Å². The van der Waals surface area contributed by atoms with E-state index in [2.05, 4.69) is 17.9 Å². The first-order valence-electron chi connectivity index (χ1n) is 5.80. The van der Waals surface area contributed by atoms with Gasteiger partial charge in [-0.15, -0.1) is 0 Å². The number of carbonyl (C=O) groups is 2. The van der Waals surface area contributed by atoms with Crippen LogP contribution in [0.15, 0.2) is 30.3 Å². The second-order valence-corrected chi connectivity index (χ2v) is 4.35. The zero-order chi connectivity index (χ0) is 13.4. The molecule has 0 bridgehead atoms. The molecule has 2 N–H and O–H groups in total. The van der Waals surface area contributed by atoms with Crippen molar-refractivity contribution in [2.24, 2.45) is 0 Å². The Morgan fingerprint density at radius 3 is 2.50 bits per heavy atom. The predicted molar refractivity (Wildman–Crippen MR) is 72.8 cm³/mol. The van der Waals surface area contributed by atoms with Gasteiger partial charge in [0.05, 0.1) is 0 Å². The van der Waals surface area contributed by atoms with Crippen molar-refractivity contribution in [1.29, 1.82) is 0 Å². The van der Waals surface area contributed by atoms with Crippen LogP contribution in [0.4, 0.5) is 0 Å². The van der Waals surface area contributed by atoms with Gasteiger partial charge in [-0.1, -0.05) is 30.3 Å². The van der Waals surface area contributed by atoms with Crippen LogP contribution in [0, 0.1) is 0 Å². The smallest absolute Gasteiger partial charge is 0.327 e. The number of carboxylic acid groups (broad SMARTS) is 1. The van der Waals surface area contributed by atoms with Gasteiger partial charge < -0.3 is 10.4 Å². The van der Waals surface area contributed by atoms with E-state index in [1.165, 1.54) is 5.56 Å². The van der Waals surface area contributed by atoms with Crippen LogP contribution in [0.3, 0.4) is 0 Å². The van der Waals surface area contributed by atoms with Crippen molar-refractivity contribution < 1.29 is 14.7 Å². The Kier molecular flexibility index (Phi) is 6.28. The van der Waals surface area contributed by atoms with Crippen LogP contribution in [0.2, 0.25) is 0 Å². The number of hydrogen-bond donors (Lipinski definition) is 3. The lowest BCUT2D eigenvalue weighted by molar-refractivity contribution is -0.141. The van der Waals surface area contributed by atoms with Crippen molar-refractivity contribution in [1.82, 2.24) is 5.32 Å². The molecule has 1 rings (SSSR count). The monoisotopic (exact) mass is 267 g/mol. The van der Waals surface area contributed by atoms with E-state index in [0.717, 1.165) is 6.42 Å². The van der Waals surface area contributed by atoms with Crippen LogP contribution >= 0.6 is 12.6 Å². The topological polar surface area (TPSA) is 66.4 Å². The number of thiol groups is 1. The van der Waals surface area contributed by atoms with Gasteiger partial charge in [0.25, 0.3) is 0 Å². The molecule has 0 aromatic heterocycles. The summed E-state index contributed by atoms with van der Waals surface area (Å²) in [6.07, 6.45) is 1.84. The van der Waals surface area contributed by atoms with Crippen LogP contribution in [-0.4, -0.2) is 28.8 Å². The Hall–Kier alpha value is -1.49. The average molecular weight is 267 g/mol. The number of hydrogen-bond acceptors (Lipinski definition) is 3. The molecule has 1 aromatic carbocycles. The summed E-state index contributed by atoms with van der Waals surface area (Å²) in [4.78, 5) is 22.2. The van der Waals surface area contributed by atoms with Crippen LogP contribution in [0.5, 0.6) is 0 Å². The molecule has 0 spiro atoms. The van der Waals surface area contributed by atoms with Crippen molar-refractivity contribution in [2.45, 2.75) is 25.3 Å². The summed E-state index contributed by atoms with van der Waals surface area (Å²) in [7, 11) is 0. The largest absolute Gasteiger partial charge is 0.480 e. The van der Waals surface area contributed by atoms with Gasteiger partial charge in [-0.3, -0.25) is 4.79 Å². The van der Waals surface area contributed by atoms with E-state index in [-0.39, 0.29) is 11.7 Å². The molecule has 0 saturated carbocycles. The number of carbonyl (C=O) groups excluding carboxylic acids is 1. The van der Waals surface area contributed by atoms with Gasteiger partial charge in [0.2, 0.25) is 5.91 Å². The van der Waals surface area contributed by atoms with E-state index in [0.29, 0.717) is 12.8 Å². The Bertz CT molecular complexity index is 394. The molecule has 1 amide bonds. The minimum atomic E-state index is -1.05. The van der Waals surface area contributed by atoms with E-state index < -0.39 is 12.0 Å². The van der Waals surface area contributed by atoms with Crippen LogP contribution < -0.4 is 5.32 Å². The van der Waals surface area contributed by atoms with Crippen molar-refractivity contribution in [3.05, 3.63) is 35.9 Å². The minimum Gasteiger partial charge on any atom is -0.480 e. The summed E-state index contributed by atoms with van der Waals surface area (Å²) in [5.41, 5.74) is 1.18. The average Bonchev–Trinajstić information content (AvgIpc) is 2.37. The molecular weight excluding hydrogens is 250 g/mol. The summed E-state index contributed by atoms with van der Waals surface area (Å²) < 4.78 is 0. The first kappa shape index (κ1) is 14.6. The number of rotatable bonds is 7. The molecule has 0 aliphatic heterocycles. The summed E-state index contributed by atoms with van der Waals surface area (Å²) in [6.45, 7) is 0. The molecule has 5 heteroatoms. The molecule has 0 unspecified atom stereocenters. The van der Waals surface area contributed by atoms with Crippen molar-refractivity contribution >= 4 is 24.5 Å². The van der Waals surface area contributed by atoms with Gasteiger partial charge in [-0.2, -0.15) is 12.6 Å². The molecule has 1 atom stereocenters. The maximum atomic E-state index is 11.5. The van der Waals surface area contributed by atoms with Gasteiger partial charge in [-0.25, -0.2) is 4.79 Å². The fourth-order valence-corrected chi connectivity index (χ4v) is 1.80. The molecule has 0 fully saturated rings. The maximum absolute atomic E-state index is 11.5. The van der Waals surface area contributed by atoms with Gasteiger partial charge in [-0.05, 0) is 18.4 Å². The van der Waals surface area contributed by atoms with Gasteiger partial charge in [0.1, 0.15) is 6.04 Å². The number of benzene rings is 1. The molecule has 0 radical (unpaired) electrons. The number of aliphatic carboxylic acids is 1. The van der Waals surface area contributed by atoms with Crippen LogP contribution in [0.25, 0.3) is 0 Å². The quantitative estimate of drug-likeness (QED) is 0.656. The molecule has 4 nitrogen and oxygen atoms in total. The Labute approximate surface area is 112 Å². The number of aryl methyl sites for hydroxylation is 1. The van der Waals surface area contributed by atoms with Crippen molar-refractivity contribution in [3.63, 3.8) is 0 Å². The molecule has 0 aliphatic carbocycles. The van der Waals surface area contributed by atoms with Gasteiger partial charge in [0.15, 0.2) is 0 Å². The lowest BCUT2D eigenvalue weighted by atomic mass is 10.1. The number of nitrogens with one attached hydrogen (secondary N) is 1. The second kappa shape index (κ2) is 7.76. The summed E-state index contributed by atoms with van der Waals surface area (Å²) >= 11 is 3.88. The number of carboxylic acids is 1. The van der Waals surface area contributed by atoms with Crippen LogP contribution in [-0.2, 0) is 16.0 Å². The predicted octanol–water partition coefficient (Wildman–Crippen LogP) is 1.51. The zero-order valence-corrected chi connectivity index (χ0v) is 10.9. The van der Waals surface area contributed by atoms with Gasteiger partial charge in [0, 0.05) is 12.2 Å². The standard InChI is InChI=1S/C13H17NO3S/c15-12(14-11(9-18)13(16)17)8-4-7-10-5-2-1-3-6-10/h1-3,5-6,11,18H,4,7-9H2,(H,14,15)(H,16,17)/t11-/m0/s1. The van der Waals surface area contributed by atoms with E-state index in [1.54, 1.807) is 0 Å². The third kappa shape index (κ3) is 5.23. The normalized spacial score (nSPS) is 11.8. The molecule has 0 heterocycles. The lowest BCUT2D eigenvalue weighted by Crippen LogP contribution is -2.42.